The fraction of sp³-hybridized carbons (Fsp3) is 0.167. The van der Waals surface area contributed by atoms with Crippen LogP contribution in [0.1, 0.15) is 34.1 Å². The number of hydrogen-bond donors (Lipinski definition) is 0. The first kappa shape index (κ1) is 17.4. The molecule has 142 valence electrons. The smallest absolute Gasteiger partial charge is 0.238 e. The number of carbonyl (C=O) groups excluding carboxylic acids is 2. The van der Waals surface area contributed by atoms with Crippen molar-refractivity contribution in [3.8, 4) is 0 Å². The molecule has 3 aliphatic carbocycles. The first-order valence-corrected chi connectivity index (χ1v) is 10.8. The highest BCUT2D eigenvalue weighted by atomic mass is 79.9. The molecule has 4 aliphatic rings. The monoisotopic (exact) mass is 463 g/mol. The Morgan fingerprint density at radius 2 is 1.17 bits per heavy atom. The van der Waals surface area contributed by atoms with Crippen LogP contribution >= 0.6 is 27.5 Å². The summed E-state index contributed by atoms with van der Waals surface area (Å²) in [6.45, 7) is 0. The second kappa shape index (κ2) is 6.04. The summed E-state index contributed by atoms with van der Waals surface area (Å²) in [6.07, 6.45) is 0. The van der Waals surface area contributed by atoms with Gasteiger partial charge in [-0.05, 0) is 56.4 Å². The molecule has 1 saturated heterocycles. The molecule has 3 aromatic rings. The predicted octanol–water partition coefficient (Wildman–Crippen LogP) is 5.50. The minimum atomic E-state index is -0.375. The van der Waals surface area contributed by atoms with Crippen molar-refractivity contribution in [1.29, 1.82) is 0 Å². The van der Waals surface area contributed by atoms with E-state index < -0.39 is 0 Å². The molecule has 0 radical (unpaired) electrons. The lowest BCUT2D eigenvalue weighted by molar-refractivity contribution is -0.122. The van der Waals surface area contributed by atoms with Crippen molar-refractivity contribution in [2.45, 2.75) is 11.8 Å². The van der Waals surface area contributed by atoms with E-state index in [4.69, 9.17) is 11.6 Å². The molecular weight excluding hydrogens is 450 g/mol. The van der Waals surface area contributed by atoms with Crippen LogP contribution in [-0.4, -0.2) is 11.8 Å². The third-order valence-electron chi connectivity index (χ3n) is 6.61. The lowest BCUT2D eigenvalue weighted by Crippen LogP contribution is -2.41. The molecule has 1 heterocycles. The summed E-state index contributed by atoms with van der Waals surface area (Å²) in [7, 11) is 0. The van der Waals surface area contributed by atoms with Gasteiger partial charge in [-0.1, -0.05) is 60.1 Å². The van der Waals surface area contributed by atoms with Gasteiger partial charge in [0.25, 0.3) is 0 Å². The van der Waals surface area contributed by atoms with Crippen LogP contribution in [0.3, 0.4) is 0 Å². The molecular formula is C24H15BrClNO2. The molecule has 0 saturated carbocycles. The molecule has 2 amide bonds. The molecule has 29 heavy (non-hydrogen) atoms. The predicted molar refractivity (Wildman–Crippen MR) is 115 cm³/mol. The van der Waals surface area contributed by atoms with Gasteiger partial charge in [0, 0.05) is 16.3 Å². The Labute approximate surface area is 181 Å². The summed E-state index contributed by atoms with van der Waals surface area (Å²) in [5.41, 5.74) is 5.24. The first-order valence-electron chi connectivity index (χ1n) is 9.58. The van der Waals surface area contributed by atoms with Crippen molar-refractivity contribution in [3.05, 3.63) is 98.5 Å². The molecule has 2 bridgehead atoms. The van der Waals surface area contributed by atoms with E-state index in [1.807, 2.05) is 24.3 Å². The van der Waals surface area contributed by atoms with Gasteiger partial charge < -0.3 is 0 Å². The van der Waals surface area contributed by atoms with Crippen LogP contribution in [0.4, 0.5) is 5.69 Å². The molecule has 0 spiro atoms. The van der Waals surface area contributed by atoms with Crippen molar-refractivity contribution in [2.75, 3.05) is 4.90 Å². The van der Waals surface area contributed by atoms with E-state index in [0.29, 0.717) is 10.7 Å². The van der Waals surface area contributed by atoms with Crippen molar-refractivity contribution in [1.82, 2.24) is 0 Å². The lowest BCUT2D eigenvalue weighted by Gasteiger charge is -2.45. The first-order chi connectivity index (χ1) is 14.1. The fourth-order valence-electron chi connectivity index (χ4n) is 5.56. The number of benzene rings is 3. The average molecular weight is 465 g/mol. The van der Waals surface area contributed by atoms with E-state index in [-0.39, 0.29) is 35.5 Å². The maximum Gasteiger partial charge on any atom is 0.238 e. The van der Waals surface area contributed by atoms with Gasteiger partial charge in [0.15, 0.2) is 0 Å². The van der Waals surface area contributed by atoms with E-state index in [1.165, 1.54) is 27.2 Å². The summed E-state index contributed by atoms with van der Waals surface area (Å²) in [5, 5.41) is 0.479. The van der Waals surface area contributed by atoms with Gasteiger partial charge in [-0.3, -0.25) is 9.59 Å². The van der Waals surface area contributed by atoms with Gasteiger partial charge in [0.1, 0.15) is 0 Å². The largest absolute Gasteiger partial charge is 0.274 e. The van der Waals surface area contributed by atoms with E-state index >= 15 is 0 Å². The fourth-order valence-corrected chi connectivity index (χ4v) is 5.98. The SMILES string of the molecule is O=C1C2C3c4ccccc4C(c4ccccc43)C2C(=O)N1c1ccc(Br)c(Cl)c1. The highest BCUT2D eigenvalue weighted by Crippen LogP contribution is 2.61. The Bertz CT molecular complexity index is 1110. The summed E-state index contributed by atoms with van der Waals surface area (Å²) in [5.74, 6) is -1.19. The molecule has 2 atom stereocenters. The standard InChI is InChI=1S/C24H15BrClNO2/c25-17-10-9-12(11-18(17)26)27-23(28)21-19-13-5-1-2-6-14(13)20(22(21)24(27)29)16-8-4-3-7-15(16)19/h1-11,19-22H. The van der Waals surface area contributed by atoms with Gasteiger partial charge in [-0.25, -0.2) is 4.90 Å². The van der Waals surface area contributed by atoms with Gasteiger partial charge in [-0.15, -0.1) is 0 Å². The van der Waals surface area contributed by atoms with Crippen molar-refractivity contribution >= 4 is 45.0 Å². The highest BCUT2D eigenvalue weighted by Gasteiger charge is 2.61. The topological polar surface area (TPSA) is 37.4 Å². The Morgan fingerprint density at radius 1 is 0.724 bits per heavy atom. The maximum absolute atomic E-state index is 13.6. The summed E-state index contributed by atoms with van der Waals surface area (Å²) in [4.78, 5) is 28.6. The molecule has 3 aromatic carbocycles. The molecule has 0 N–H and O–H groups in total. The van der Waals surface area contributed by atoms with Crippen molar-refractivity contribution in [3.63, 3.8) is 0 Å². The van der Waals surface area contributed by atoms with Gasteiger partial charge in [-0.2, -0.15) is 0 Å². The van der Waals surface area contributed by atoms with Crippen LogP contribution in [-0.2, 0) is 9.59 Å². The molecule has 3 nitrogen and oxygen atoms in total. The number of nitrogens with zero attached hydrogens (tertiary/aromatic N) is 1. The minimum Gasteiger partial charge on any atom is -0.274 e. The molecule has 1 aliphatic heterocycles. The Morgan fingerprint density at radius 3 is 1.59 bits per heavy atom. The number of anilines is 1. The zero-order chi connectivity index (χ0) is 19.9. The summed E-state index contributed by atoms with van der Waals surface area (Å²) < 4.78 is 0.735. The van der Waals surface area contributed by atoms with Crippen LogP contribution in [0.25, 0.3) is 0 Å². The van der Waals surface area contributed by atoms with Crippen LogP contribution in [0.2, 0.25) is 5.02 Å². The quantitative estimate of drug-likeness (QED) is 0.446. The van der Waals surface area contributed by atoms with Gasteiger partial charge in [0.05, 0.1) is 22.5 Å². The Balaban J connectivity index is 1.56. The van der Waals surface area contributed by atoms with Crippen LogP contribution < -0.4 is 4.90 Å². The number of imide groups is 1. The third kappa shape index (κ3) is 2.19. The molecule has 5 heteroatoms. The van der Waals surface area contributed by atoms with Crippen LogP contribution in [0.5, 0.6) is 0 Å². The van der Waals surface area contributed by atoms with Crippen LogP contribution in [0, 0.1) is 11.8 Å². The molecule has 7 rings (SSSR count). The van der Waals surface area contributed by atoms with Gasteiger partial charge >= 0.3 is 0 Å². The highest BCUT2D eigenvalue weighted by molar-refractivity contribution is 9.10. The number of amides is 2. The molecule has 2 unspecified atom stereocenters. The maximum atomic E-state index is 13.6. The van der Waals surface area contributed by atoms with Crippen molar-refractivity contribution in [2.24, 2.45) is 11.8 Å². The minimum absolute atomic E-state index is 0.0928. The zero-order valence-corrected chi connectivity index (χ0v) is 17.5. The van der Waals surface area contributed by atoms with E-state index in [1.54, 1.807) is 18.2 Å². The zero-order valence-electron chi connectivity index (χ0n) is 15.2. The number of carbonyl (C=O) groups is 2. The number of hydrogen-bond acceptors (Lipinski definition) is 2. The Kier molecular flexibility index (Phi) is 3.63. The average Bonchev–Trinajstić information content (AvgIpc) is 3.01. The summed E-state index contributed by atoms with van der Waals surface area (Å²) in [6, 6.07) is 21.7. The molecule has 1 fully saturated rings. The lowest BCUT2D eigenvalue weighted by atomic mass is 9.55. The molecule has 0 aromatic heterocycles. The van der Waals surface area contributed by atoms with E-state index in [9.17, 15) is 9.59 Å². The van der Waals surface area contributed by atoms with Gasteiger partial charge in [0.2, 0.25) is 11.8 Å². The van der Waals surface area contributed by atoms with Crippen molar-refractivity contribution < 1.29 is 9.59 Å². The second-order valence-electron chi connectivity index (χ2n) is 7.88. The third-order valence-corrected chi connectivity index (χ3v) is 7.84. The second-order valence-corrected chi connectivity index (χ2v) is 9.14. The number of halogens is 2. The summed E-state index contributed by atoms with van der Waals surface area (Å²) >= 11 is 9.64. The normalized spacial score (nSPS) is 26.3. The Hall–Kier alpha value is -2.43. The van der Waals surface area contributed by atoms with E-state index in [0.717, 1.165) is 4.47 Å². The van der Waals surface area contributed by atoms with E-state index in [2.05, 4.69) is 40.2 Å². The van der Waals surface area contributed by atoms with Crippen LogP contribution in [0.15, 0.2) is 71.2 Å². The number of rotatable bonds is 1.